The molecule has 0 aliphatic carbocycles. The van der Waals surface area contributed by atoms with Crippen molar-refractivity contribution in [3.05, 3.63) is 67.4 Å². The molecule has 0 fully saturated rings. The van der Waals surface area contributed by atoms with Gasteiger partial charge in [0.15, 0.2) is 0 Å². The van der Waals surface area contributed by atoms with Crippen LogP contribution in [-0.4, -0.2) is 0 Å². The average Bonchev–Trinajstić information content (AvgIpc) is 2.40. The molecule has 1 aromatic heterocycles. The Balaban J connectivity index is 2.29. The minimum Gasteiger partial charge on any atom is -0.422 e. The first kappa shape index (κ1) is 13.6. The van der Waals surface area contributed by atoms with Crippen molar-refractivity contribution in [2.75, 3.05) is 0 Å². The fourth-order valence-corrected chi connectivity index (χ4v) is 3.42. The van der Waals surface area contributed by atoms with E-state index in [0.29, 0.717) is 11.1 Å². The van der Waals surface area contributed by atoms with Crippen LogP contribution in [0.2, 0.25) is 0 Å². The average molecular weight is 394 g/mol. The maximum atomic E-state index is 12.1. The van der Waals surface area contributed by atoms with E-state index in [1.165, 1.54) is 5.56 Å². The first-order chi connectivity index (χ1) is 9.54. The van der Waals surface area contributed by atoms with Crippen molar-refractivity contribution in [3.63, 3.8) is 0 Å². The molecule has 1 heterocycles. The molecule has 0 bridgehead atoms. The normalized spacial score (nSPS) is 10.9. The molecule has 0 unspecified atom stereocenters. The molecule has 0 aliphatic heterocycles. The molecule has 0 spiro atoms. The Morgan fingerprint density at radius 2 is 1.65 bits per heavy atom. The van der Waals surface area contributed by atoms with Gasteiger partial charge in [0.1, 0.15) is 5.76 Å². The van der Waals surface area contributed by atoms with Gasteiger partial charge < -0.3 is 4.42 Å². The fourth-order valence-electron chi connectivity index (χ4n) is 2.08. The van der Waals surface area contributed by atoms with E-state index in [9.17, 15) is 4.79 Å². The third kappa shape index (κ3) is 2.45. The minimum absolute atomic E-state index is 0.333. The van der Waals surface area contributed by atoms with Crippen LogP contribution in [0.3, 0.4) is 0 Å². The fraction of sp³-hybridized carbons (Fsp3) is 0.0625. The lowest BCUT2D eigenvalue weighted by Gasteiger charge is -2.05. The Hall–Kier alpha value is -1.39. The molecule has 20 heavy (non-hydrogen) atoms. The predicted octanol–water partition coefficient (Wildman–Crippen LogP) is 5.29. The Bertz CT molecular complexity index is 849. The van der Waals surface area contributed by atoms with Gasteiger partial charge in [-0.15, -0.1) is 0 Å². The van der Waals surface area contributed by atoms with E-state index in [1.54, 1.807) is 6.07 Å². The Labute approximate surface area is 132 Å². The highest BCUT2D eigenvalue weighted by atomic mass is 79.9. The molecule has 0 radical (unpaired) electrons. The van der Waals surface area contributed by atoms with Crippen LogP contribution in [0.4, 0.5) is 0 Å². The number of rotatable bonds is 1. The summed E-state index contributed by atoms with van der Waals surface area (Å²) in [6, 6.07) is 13.5. The van der Waals surface area contributed by atoms with Crippen molar-refractivity contribution in [3.8, 4) is 11.3 Å². The zero-order valence-electron chi connectivity index (χ0n) is 10.6. The van der Waals surface area contributed by atoms with Crippen LogP contribution in [-0.2, 0) is 0 Å². The second-order valence-electron chi connectivity index (χ2n) is 4.61. The largest absolute Gasteiger partial charge is 0.422 e. The smallest absolute Gasteiger partial charge is 0.344 e. The lowest BCUT2D eigenvalue weighted by molar-refractivity contribution is 0.534. The molecule has 3 aromatic rings. The summed E-state index contributed by atoms with van der Waals surface area (Å²) in [6.45, 7) is 2.02. The van der Waals surface area contributed by atoms with Gasteiger partial charge >= 0.3 is 5.63 Å². The molecule has 2 aromatic carbocycles. The van der Waals surface area contributed by atoms with Crippen LogP contribution >= 0.6 is 31.9 Å². The number of hydrogen-bond donors (Lipinski definition) is 0. The Morgan fingerprint density at radius 3 is 2.35 bits per heavy atom. The van der Waals surface area contributed by atoms with Crippen LogP contribution in [0, 0.1) is 6.92 Å². The quantitative estimate of drug-likeness (QED) is 0.562. The van der Waals surface area contributed by atoms with Crippen LogP contribution < -0.4 is 5.63 Å². The standard InChI is InChI=1S/C16H10Br2O2/c1-9-2-4-10(5-3-9)15-8-12-13(16(19)20-15)6-11(17)7-14(12)18/h2-8H,1H3. The van der Waals surface area contributed by atoms with Gasteiger partial charge in [0, 0.05) is 19.9 Å². The van der Waals surface area contributed by atoms with Gasteiger partial charge in [0.25, 0.3) is 0 Å². The number of benzene rings is 2. The topological polar surface area (TPSA) is 30.2 Å². The van der Waals surface area contributed by atoms with Crippen LogP contribution in [0.15, 0.2) is 60.6 Å². The third-order valence-electron chi connectivity index (χ3n) is 3.13. The monoisotopic (exact) mass is 392 g/mol. The van der Waals surface area contributed by atoms with Gasteiger partial charge in [-0.2, -0.15) is 0 Å². The highest BCUT2D eigenvalue weighted by molar-refractivity contribution is 9.11. The molecule has 0 amide bonds. The van der Waals surface area contributed by atoms with Crippen molar-refractivity contribution in [2.24, 2.45) is 0 Å². The minimum atomic E-state index is -0.333. The molecular weight excluding hydrogens is 384 g/mol. The summed E-state index contributed by atoms with van der Waals surface area (Å²) in [7, 11) is 0. The first-order valence-corrected chi connectivity index (χ1v) is 7.63. The lowest BCUT2D eigenvalue weighted by atomic mass is 10.1. The molecule has 2 nitrogen and oxygen atoms in total. The van der Waals surface area contributed by atoms with Crippen molar-refractivity contribution in [1.82, 2.24) is 0 Å². The van der Waals surface area contributed by atoms with E-state index in [4.69, 9.17) is 4.42 Å². The van der Waals surface area contributed by atoms with Crippen molar-refractivity contribution < 1.29 is 4.42 Å². The molecule has 3 rings (SSSR count). The van der Waals surface area contributed by atoms with Crippen molar-refractivity contribution >= 4 is 42.6 Å². The number of fused-ring (bicyclic) bond motifs is 1. The zero-order chi connectivity index (χ0) is 14.3. The van der Waals surface area contributed by atoms with Crippen LogP contribution in [0.1, 0.15) is 5.56 Å². The first-order valence-electron chi connectivity index (χ1n) is 6.04. The summed E-state index contributed by atoms with van der Waals surface area (Å²) < 4.78 is 7.13. The van der Waals surface area contributed by atoms with E-state index in [-0.39, 0.29) is 5.63 Å². The Morgan fingerprint density at radius 1 is 0.950 bits per heavy atom. The van der Waals surface area contributed by atoms with Crippen molar-refractivity contribution in [1.29, 1.82) is 0 Å². The van der Waals surface area contributed by atoms with Gasteiger partial charge in [-0.25, -0.2) is 4.79 Å². The van der Waals surface area contributed by atoms with E-state index in [0.717, 1.165) is 19.9 Å². The SMILES string of the molecule is Cc1ccc(-c2cc3c(Br)cc(Br)cc3c(=O)o2)cc1. The second kappa shape index (κ2) is 5.19. The van der Waals surface area contributed by atoms with Gasteiger partial charge in [-0.3, -0.25) is 0 Å². The van der Waals surface area contributed by atoms with Gasteiger partial charge in [0.05, 0.1) is 5.39 Å². The molecule has 0 N–H and O–H groups in total. The van der Waals surface area contributed by atoms with E-state index in [2.05, 4.69) is 31.9 Å². The molecule has 0 saturated heterocycles. The molecule has 0 aliphatic rings. The summed E-state index contributed by atoms with van der Waals surface area (Å²) in [6.07, 6.45) is 0. The predicted molar refractivity (Wildman–Crippen MR) is 88.1 cm³/mol. The van der Waals surface area contributed by atoms with E-state index < -0.39 is 0 Å². The third-order valence-corrected chi connectivity index (χ3v) is 4.24. The molecule has 100 valence electrons. The maximum absolute atomic E-state index is 12.1. The van der Waals surface area contributed by atoms with E-state index >= 15 is 0 Å². The highest BCUT2D eigenvalue weighted by Crippen LogP contribution is 2.30. The van der Waals surface area contributed by atoms with E-state index in [1.807, 2.05) is 43.3 Å². The van der Waals surface area contributed by atoms with Gasteiger partial charge in [0.2, 0.25) is 0 Å². The number of hydrogen-bond acceptors (Lipinski definition) is 2. The Kier molecular flexibility index (Phi) is 3.52. The van der Waals surface area contributed by atoms with Crippen LogP contribution in [0.25, 0.3) is 22.1 Å². The summed E-state index contributed by atoms with van der Waals surface area (Å²) in [5.74, 6) is 0.575. The van der Waals surface area contributed by atoms with Crippen LogP contribution in [0.5, 0.6) is 0 Å². The second-order valence-corrected chi connectivity index (χ2v) is 6.38. The zero-order valence-corrected chi connectivity index (χ0v) is 13.8. The van der Waals surface area contributed by atoms with Gasteiger partial charge in [-0.1, -0.05) is 61.7 Å². The highest BCUT2D eigenvalue weighted by Gasteiger charge is 2.10. The molecule has 0 atom stereocenters. The lowest BCUT2D eigenvalue weighted by Crippen LogP contribution is -2.00. The summed E-state index contributed by atoms with van der Waals surface area (Å²) in [5, 5.41) is 1.40. The number of aryl methyl sites for hydroxylation is 1. The summed E-state index contributed by atoms with van der Waals surface area (Å²) in [5.41, 5.74) is 1.73. The molecule has 0 saturated carbocycles. The molecular formula is C16H10Br2O2. The molecule has 4 heteroatoms. The van der Waals surface area contributed by atoms with Gasteiger partial charge in [-0.05, 0) is 25.1 Å². The van der Waals surface area contributed by atoms with Crippen molar-refractivity contribution in [2.45, 2.75) is 6.92 Å². The summed E-state index contributed by atoms with van der Waals surface area (Å²) >= 11 is 6.87. The maximum Gasteiger partial charge on any atom is 0.344 e. The number of halogens is 2. The summed E-state index contributed by atoms with van der Waals surface area (Å²) in [4.78, 5) is 12.1.